The Balaban J connectivity index is 2.13. The molecule has 1 N–H and O–H groups in total. The molecule has 1 aromatic rings. The monoisotopic (exact) mass is 246 g/mol. The second kappa shape index (κ2) is 6.01. The third kappa shape index (κ3) is 3.33. The van der Waals surface area contributed by atoms with Crippen molar-refractivity contribution in [3.05, 3.63) is 29.8 Å². The molecule has 0 aliphatic carbocycles. The van der Waals surface area contributed by atoms with E-state index in [2.05, 4.69) is 23.2 Å². The van der Waals surface area contributed by atoms with Crippen molar-refractivity contribution in [3.8, 4) is 0 Å². The maximum Gasteiger partial charge on any atom is 0.159 e. The molecule has 1 fully saturated rings. The van der Waals surface area contributed by atoms with Crippen LogP contribution in [0.2, 0.25) is 0 Å². The highest BCUT2D eigenvalue weighted by molar-refractivity contribution is 5.94. The minimum atomic E-state index is 0.138. The summed E-state index contributed by atoms with van der Waals surface area (Å²) in [6, 6.07) is 8.56. The molecule has 1 aliphatic heterocycles. The van der Waals surface area contributed by atoms with E-state index in [1.54, 1.807) is 6.92 Å². The van der Waals surface area contributed by atoms with E-state index in [0.29, 0.717) is 6.04 Å². The highest BCUT2D eigenvalue weighted by atomic mass is 16.1. The Hall–Kier alpha value is -1.35. The van der Waals surface area contributed by atoms with Crippen molar-refractivity contribution in [1.82, 2.24) is 5.32 Å². The van der Waals surface area contributed by atoms with Crippen molar-refractivity contribution in [1.29, 1.82) is 0 Å². The van der Waals surface area contributed by atoms with E-state index in [1.807, 2.05) is 18.2 Å². The van der Waals surface area contributed by atoms with E-state index >= 15 is 0 Å². The zero-order valence-corrected chi connectivity index (χ0v) is 11.3. The number of anilines is 1. The molecule has 1 heterocycles. The molecule has 1 aromatic carbocycles. The molecule has 0 radical (unpaired) electrons. The molecule has 0 spiro atoms. The molecule has 3 nitrogen and oxygen atoms in total. The van der Waals surface area contributed by atoms with Crippen LogP contribution in [-0.2, 0) is 0 Å². The summed E-state index contributed by atoms with van der Waals surface area (Å²) in [5.74, 6) is 0.138. The largest absolute Gasteiger partial charge is 0.371 e. The first-order valence-corrected chi connectivity index (χ1v) is 6.76. The molecule has 98 valence electrons. The Kier molecular flexibility index (Phi) is 4.37. The standard InChI is InChI=1S/C15H22N2O/c1-12-7-10-17(9-4-8-16-12)15-6-3-5-14(11-15)13(2)18/h3,5-6,11-12,16H,4,7-10H2,1-2H3. The number of hydrogen-bond acceptors (Lipinski definition) is 3. The van der Waals surface area contributed by atoms with Crippen molar-refractivity contribution >= 4 is 11.5 Å². The molecule has 1 aliphatic rings. The summed E-state index contributed by atoms with van der Waals surface area (Å²) in [6.45, 7) is 7.04. The molecule has 1 saturated heterocycles. The maximum absolute atomic E-state index is 11.4. The fourth-order valence-electron chi connectivity index (χ4n) is 2.36. The number of hydrogen-bond donors (Lipinski definition) is 1. The third-order valence-electron chi connectivity index (χ3n) is 3.55. The molecule has 0 amide bonds. The predicted octanol–water partition coefficient (Wildman–Crippen LogP) is 2.47. The van der Waals surface area contributed by atoms with Crippen molar-refractivity contribution < 1.29 is 4.79 Å². The normalized spacial score (nSPS) is 21.2. The molecular formula is C15H22N2O. The van der Waals surface area contributed by atoms with Crippen LogP contribution in [0.25, 0.3) is 0 Å². The van der Waals surface area contributed by atoms with Gasteiger partial charge in [-0.15, -0.1) is 0 Å². The Morgan fingerprint density at radius 1 is 1.39 bits per heavy atom. The number of rotatable bonds is 2. The summed E-state index contributed by atoms with van der Waals surface area (Å²) in [7, 11) is 0. The predicted molar refractivity (Wildman–Crippen MR) is 75.4 cm³/mol. The first-order chi connectivity index (χ1) is 8.66. The average molecular weight is 246 g/mol. The Morgan fingerprint density at radius 3 is 3.00 bits per heavy atom. The maximum atomic E-state index is 11.4. The number of nitrogens with one attached hydrogen (secondary N) is 1. The van der Waals surface area contributed by atoms with Crippen LogP contribution in [0.3, 0.4) is 0 Å². The van der Waals surface area contributed by atoms with Gasteiger partial charge in [0.1, 0.15) is 0 Å². The molecule has 0 aromatic heterocycles. The van der Waals surface area contributed by atoms with Crippen LogP contribution in [0.5, 0.6) is 0 Å². The summed E-state index contributed by atoms with van der Waals surface area (Å²) in [4.78, 5) is 13.8. The minimum absolute atomic E-state index is 0.138. The second-order valence-electron chi connectivity index (χ2n) is 5.09. The van der Waals surface area contributed by atoms with Gasteiger partial charge in [-0.3, -0.25) is 4.79 Å². The van der Waals surface area contributed by atoms with Crippen LogP contribution in [-0.4, -0.2) is 31.5 Å². The van der Waals surface area contributed by atoms with Gasteiger partial charge < -0.3 is 10.2 Å². The highest BCUT2D eigenvalue weighted by Gasteiger charge is 2.13. The van der Waals surface area contributed by atoms with Gasteiger partial charge in [-0.1, -0.05) is 12.1 Å². The van der Waals surface area contributed by atoms with Crippen LogP contribution in [0.4, 0.5) is 5.69 Å². The van der Waals surface area contributed by atoms with Gasteiger partial charge in [0.15, 0.2) is 5.78 Å². The molecule has 1 unspecified atom stereocenters. The van der Waals surface area contributed by atoms with Gasteiger partial charge in [0.2, 0.25) is 0 Å². The van der Waals surface area contributed by atoms with Crippen molar-refractivity contribution in [2.45, 2.75) is 32.7 Å². The van der Waals surface area contributed by atoms with Gasteiger partial charge in [0.05, 0.1) is 0 Å². The number of carbonyl (C=O) groups excluding carboxylic acids is 1. The summed E-state index contributed by atoms with van der Waals surface area (Å²) < 4.78 is 0. The Morgan fingerprint density at radius 2 is 2.22 bits per heavy atom. The summed E-state index contributed by atoms with van der Waals surface area (Å²) >= 11 is 0. The lowest BCUT2D eigenvalue weighted by Gasteiger charge is -2.29. The Labute approximate surface area is 109 Å². The zero-order valence-electron chi connectivity index (χ0n) is 11.3. The topological polar surface area (TPSA) is 32.3 Å². The molecular weight excluding hydrogens is 224 g/mol. The zero-order chi connectivity index (χ0) is 13.0. The SMILES string of the molecule is CC(=O)c1cccc(N2CCCNC(C)CC2)c1. The van der Waals surface area contributed by atoms with Gasteiger partial charge in [0, 0.05) is 30.4 Å². The molecule has 3 heteroatoms. The van der Waals surface area contributed by atoms with E-state index < -0.39 is 0 Å². The number of Topliss-reactive ketones (excluding diaryl/α,β-unsaturated/α-hetero) is 1. The lowest BCUT2D eigenvalue weighted by atomic mass is 10.1. The second-order valence-corrected chi connectivity index (χ2v) is 5.09. The molecule has 1 atom stereocenters. The first-order valence-electron chi connectivity index (χ1n) is 6.76. The number of nitrogens with zero attached hydrogens (tertiary/aromatic N) is 1. The minimum Gasteiger partial charge on any atom is -0.371 e. The number of ketones is 1. The molecule has 2 rings (SSSR count). The van der Waals surface area contributed by atoms with Crippen molar-refractivity contribution in [3.63, 3.8) is 0 Å². The quantitative estimate of drug-likeness (QED) is 0.814. The van der Waals surface area contributed by atoms with Crippen LogP contribution >= 0.6 is 0 Å². The van der Waals surface area contributed by atoms with Gasteiger partial charge in [0.25, 0.3) is 0 Å². The lowest BCUT2D eigenvalue weighted by Crippen LogP contribution is -2.38. The van der Waals surface area contributed by atoms with Crippen molar-refractivity contribution in [2.75, 3.05) is 24.5 Å². The molecule has 0 bridgehead atoms. The summed E-state index contributed by atoms with van der Waals surface area (Å²) in [6.07, 6.45) is 2.29. The first kappa shape index (κ1) is 13.1. The third-order valence-corrected chi connectivity index (χ3v) is 3.55. The van der Waals surface area contributed by atoms with E-state index in [-0.39, 0.29) is 5.78 Å². The molecule has 18 heavy (non-hydrogen) atoms. The number of benzene rings is 1. The fourth-order valence-corrected chi connectivity index (χ4v) is 2.36. The van der Waals surface area contributed by atoms with Crippen LogP contribution in [0.15, 0.2) is 24.3 Å². The van der Waals surface area contributed by atoms with Crippen LogP contribution in [0, 0.1) is 0 Å². The van der Waals surface area contributed by atoms with Gasteiger partial charge in [-0.2, -0.15) is 0 Å². The molecule has 0 saturated carbocycles. The van der Waals surface area contributed by atoms with E-state index in [1.165, 1.54) is 5.69 Å². The van der Waals surface area contributed by atoms with Gasteiger partial charge >= 0.3 is 0 Å². The Bertz CT molecular complexity index is 417. The fraction of sp³-hybridized carbons (Fsp3) is 0.533. The van der Waals surface area contributed by atoms with E-state index in [0.717, 1.165) is 38.0 Å². The van der Waals surface area contributed by atoms with Gasteiger partial charge in [-0.25, -0.2) is 0 Å². The summed E-state index contributed by atoms with van der Waals surface area (Å²) in [5.41, 5.74) is 1.98. The smallest absolute Gasteiger partial charge is 0.159 e. The van der Waals surface area contributed by atoms with Crippen molar-refractivity contribution in [2.24, 2.45) is 0 Å². The average Bonchev–Trinajstić information content (AvgIpc) is 2.34. The lowest BCUT2D eigenvalue weighted by molar-refractivity contribution is 0.101. The van der Waals surface area contributed by atoms with Crippen LogP contribution < -0.4 is 10.2 Å². The van der Waals surface area contributed by atoms with E-state index in [4.69, 9.17) is 0 Å². The van der Waals surface area contributed by atoms with E-state index in [9.17, 15) is 4.79 Å². The summed E-state index contributed by atoms with van der Waals surface area (Å²) in [5, 5.41) is 3.51. The highest BCUT2D eigenvalue weighted by Crippen LogP contribution is 2.18. The number of carbonyl (C=O) groups is 1. The van der Waals surface area contributed by atoms with Gasteiger partial charge in [-0.05, 0) is 45.4 Å². The van der Waals surface area contributed by atoms with Crippen LogP contribution in [0.1, 0.15) is 37.0 Å².